The molecular weight excluding hydrogens is 453 g/mol. The Labute approximate surface area is 199 Å². The van der Waals surface area contributed by atoms with E-state index < -0.39 is 23.4 Å². The van der Waals surface area contributed by atoms with Crippen LogP contribution in [0.5, 0.6) is 0 Å². The smallest absolute Gasteiger partial charge is 0.192 e. The molecule has 174 valence electrons. The van der Waals surface area contributed by atoms with E-state index in [1.807, 2.05) is 30.3 Å². The van der Waals surface area contributed by atoms with Gasteiger partial charge in [0.1, 0.15) is 0 Å². The Morgan fingerprint density at radius 2 is 1.53 bits per heavy atom. The lowest BCUT2D eigenvalue weighted by atomic mass is 10.00. The molecule has 3 atom stereocenters. The van der Waals surface area contributed by atoms with Crippen molar-refractivity contribution in [3.05, 3.63) is 71.6 Å². The molecule has 1 aliphatic carbocycles. The van der Waals surface area contributed by atoms with Gasteiger partial charge < -0.3 is 4.43 Å². The zero-order valence-electron chi connectivity index (χ0n) is 20.0. The fourth-order valence-corrected chi connectivity index (χ4v) is 8.26. The molecule has 0 radical (unpaired) electrons. The summed E-state index contributed by atoms with van der Waals surface area (Å²) in [7, 11) is -5.58. The second-order valence-corrected chi connectivity index (χ2v) is 18.2. The van der Waals surface area contributed by atoms with E-state index in [1.54, 1.807) is 36.0 Å². The summed E-state index contributed by atoms with van der Waals surface area (Å²) in [5, 5.41) is -0.546. The number of hydrogen-bond acceptors (Lipinski definition) is 4. The van der Waals surface area contributed by atoms with Gasteiger partial charge in [-0.15, -0.1) is 0 Å². The molecule has 0 aliphatic heterocycles. The van der Waals surface area contributed by atoms with Gasteiger partial charge in [-0.25, -0.2) is 8.42 Å². The lowest BCUT2D eigenvalue weighted by molar-refractivity contribution is 0.122. The topological polar surface area (TPSA) is 43.4 Å². The summed E-state index contributed by atoms with van der Waals surface area (Å²) in [6.07, 6.45) is 3.56. The first-order valence-corrected chi connectivity index (χ1v) is 16.6. The summed E-state index contributed by atoms with van der Waals surface area (Å²) in [5.74, 6) is -0.136. The van der Waals surface area contributed by atoms with Crippen LogP contribution in [-0.4, -0.2) is 28.1 Å². The molecule has 1 unspecified atom stereocenters. The monoisotopic (exact) mass is 488 g/mol. The Morgan fingerprint density at radius 1 is 0.969 bits per heavy atom. The summed E-state index contributed by atoms with van der Waals surface area (Å²) >= 11 is 1.67. The average Bonchev–Trinajstić information content (AvgIpc) is 2.88. The molecule has 0 fully saturated rings. The Morgan fingerprint density at radius 3 is 2.09 bits per heavy atom. The van der Waals surface area contributed by atoms with Crippen molar-refractivity contribution >= 4 is 29.9 Å². The third-order valence-electron chi connectivity index (χ3n) is 6.80. The van der Waals surface area contributed by atoms with Crippen LogP contribution in [0.15, 0.2) is 81.4 Å². The molecule has 0 saturated carbocycles. The normalized spacial score (nSPS) is 22.8. The van der Waals surface area contributed by atoms with Crippen molar-refractivity contribution in [1.82, 2.24) is 0 Å². The zero-order chi connectivity index (χ0) is 23.6. The fourth-order valence-electron chi connectivity index (χ4n) is 3.76. The van der Waals surface area contributed by atoms with Crippen LogP contribution in [0.3, 0.4) is 0 Å². The minimum absolute atomic E-state index is 0.0713. The Kier molecular flexibility index (Phi) is 7.80. The van der Waals surface area contributed by atoms with Crippen LogP contribution in [0.2, 0.25) is 18.1 Å². The predicted octanol–water partition coefficient (Wildman–Crippen LogP) is 7.33. The van der Waals surface area contributed by atoms with Crippen LogP contribution in [0.1, 0.15) is 40.5 Å². The van der Waals surface area contributed by atoms with Gasteiger partial charge in [-0.2, -0.15) is 0 Å². The van der Waals surface area contributed by atoms with Gasteiger partial charge in [0.05, 0.1) is 10.1 Å². The van der Waals surface area contributed by atoms with Gasteiger partial charge in [0.2, 0.25) is 0 Å². The lowest BCUT2D eigenvalue weighted by Crippen LogP contribution is -2.47. The summed E-state index contributed by atoms with van der Waals surface area (Å²) in [4.78, 5) is 2.62. The molecule has 1 aliphatic rings. The van der Waals surface area contributed by atoms with Crippen molar-refractivity contribution in [1.29, 1.82) is 0 Å². The molecule has 3 rings (SSSR count). The molecular formula is C26H36O3S2Si. The third kappa shape index (κ3) is 5.77. The van der Waals surface area contributed by atoms with Gasteiger partial charge >= 0.3 is 0 Å². The molecule has 0 aromatic heterocycles. The van der Waals surface area contributed by atoms with E-state index in [9.17, 15) is 8.42 Å². The van der Waals surface area contributed by atoms with Crippen molar-refractivity contribution in [3.63, 3.8) is 0 Å². The summed E-state index contributed by atoms with van der Waals surface area (Å²) < 4.78 is 34.3. The van der Waals surface area contributed by atoms with Gasteiger partial charge in [-0.1, -0.05) is 81.9 Å². The minimum atomic E-state index is -3.54. The van der Waals surface area contributed by atoms with Crippen molar-refractivity contribution in [2.24, 2.45) is 5.92 Å². The highest BCUT2D eigenvalue weighted by atomic mass is 32.2. The van der Waals surface area contributed by atoms with Crippen LogP contribution in [-0.2, 0) is 14.3 Å². The third-order valence-corrected chi connectivity index (χ3v) is 14.6. The first-order valence-electron chi connectivity index (χ1n) is 11.3. The van der Waals surface area contributed by atoms with Crippen LogP contribution >= 0.6 is 11.8 Å². The zero-order valence-corrected chi connectivity index (χ0v) is 22.7. The maximum absolute atomic E-state index is 13.8. The van der Waals surface area contributed by atoms with Crippen LogP contribution in [0.4, 0.5) is 0 Å². The lowest BCUT2D eigenvalue weighted by Gasteiger charge is -2.41. The summed E-state index contributed by atoms with van der Waals surface area (Å²) in [5.41, 5.74) is 0. The Bertz CT molecular complexity index is 1030. The predicted molar refractivity (Wildman–Crippen MR) is 138 cm³/mol. The van der Waals surface area contributed by atoms with E-state index >= 15 is 0 Å². The molecule has 3 nitrogen and oxygen atoms in total. The first kappa shape index (κ1) is 25.3. The molecule has 0 spiro atoms. The highest BCUT2D eigenvalue weighted by Crippen LogP contribution is 2.43. The van der Waals surface area contributed by atoms with Gasteiger partial charge in [-0.3, -0.25) is 0 Å². The second kappa shape index (κ2) is 9.88. The quantitative estimate of drug-likeness (QED) is 0.399. The molecule has 0 amide bonds. The molecule has 2 aromatic rings. The minimum Gasteiger partial charge on any atom is -0.414 e. The van der Waals surface area contributed by atoms with Crippen molar-refractivity contribution < 1.29 is 12.8 Å². The van der Waals surface area contributed by atoms with E-state index in [2.05, 4.69) is 52.9 Å². The number of thioether (sulfide) groups is 1. The molecule has 0 saturated heterocycles. The molecule has 0 bridgehead atoms. The standard InChI is InChI=1S/C26H36O3S2Si/c1-20-24(29-32(5,6)26(2,3)4)18-17-22(30-21-13-9-7-10-14-21)19-25(20)31(27,28)23-15-11-8-12-16-23/h7-16,19-20,24-25H,17-18H2,1-6H3/t20-,24-,25?/m1/s1. The molecule has 0 heterocycles. The van der Waals surface area contributed by atoms with Crippen molar-refractivity contribution in [2.75, 3.05) is 0 Å². The molecule has 32 heavy (non-hydrogen) atoms. The van der Waals surface area contributed by atoms with Crippen molar-refractivity contribution in [3.8, 4) is 0 Å². The maximum atomic E-state index is 13.8. The SMILES string of the molecule is C[C@H]1C(S(=O)(=O)c2ccccc2)C=C(Sc2ccccc2)CC[C@H]1O[Si](C)(C)C(C)(C)C. The molecule has 6 heteroatoms. The van der Waals surface area contributed by atoms with E-state index in [4.69, 9.17) is 4.43 Å². The summed E-state index contributed by atoms with van der Waals surface area (Å²) in [6, 6.07) is 19.0. The average molecular weight is 489 g/mol. The Balaban J connectivity index is 1.99. The highest BCUT2D eigenvalue weighted by molar-refractivity contribution is 8.03. The van der Waals surface area contributed by atoms with E-state index in [0.717, 1.165) is 22.6 Å². The van der Waals surface area contributed by atoms with Crippen LogP contribution in [0, 0.1) is 5.92 Å². The van der Waals surface area contributed by atoms with Crippen molar-refractivity contribution in [2.45, 2.75) is 79.8 Å². The van der Waals surface area contributed by atoms with E-state index in [0.29, 0.717) is 4.90 Å². The van der Waals surface area contributed by atoms with Gasteiger partial charge in [0, 0.05) is 16.9 Å². The number of rotatable bonds is 6. The van der Waals surface area contributed by atoms with Gasteiger partial charge in [0.25, 0.3) is 0 Å². The largest absolute Gasteiger partial charge is 0.414 e. The number of allylic oxidation sites excluding steroid dienone is 1. The first-order chi connectivity index (χ1) is 14.9. The second-order valence-electron chi connectivity index (χ2n) is 10.2. The van der Waals surface area contributed by atoms with E-state index in [1.165, 1.54) is 0 Å². The van der Waals surface area contributed by atoms with Gasteiger partial charge in [0.15, 0.2) is 18.2 Å². The molecule has 0 N–H and O–H groups in total. The van der Waals surface area contributed by atoms with Crippen LogP contribution in [0.25, 0.3) is 0 Å². The fraction of sp³-hybridized carbons (Fsp3) is 0.462. The number of sulfone groups is 1. The Hall–Kier alpha value is -1.34. The number of benzene rings is 2. The highest BCUT2D eigenvalue weighted by Gasteiger charge is 2.44. The molecule has 2 aromatic carbocycles. The maximum Gasteiger partial charge on any atom is 0.192 e. The van der Waals surface area contributed by atoms with Gasteiger partial charge in [-0.05, 0) is 60.1 Å². The van der Waals surface area contributed by atoms with E-state index in [-0.39, 0.29) is 17.1 Å². The summed E-state index contributed by atoms with van der Waals surface area (Å²) in [6.45, 7) is 13.2. The number of hydrogen-bond donors (Lipinski definition) is 0. The van der Waals surface area contributed by atoms with Crippen LogP contribution < -0.4 is 0 Å².